The quantitative estimate of drug-likeness (QED) is 0.782. The number of likely N-dealkylation sites (tertiary alicyclic amines) is 1. The van der Waals surface area contributed by atoms with Crippen LogP contribution in [-0.2, 0) is 26.0 Å². The van der Waals surface area contributed by atoms with E-state index in [9.17, 15) is 23.1 Å². The first-order valence-electron chi connectivity index (χ1n) is 6.78. The lowest BCUT2D eigenvalue weighted by Crippen LogP contribution is -2.44. The summed E-state index contributed by atoms with van der Waals surface area (Å²) < 4.78 is 22.7. The van der Waals surface area contributed by atoms with Gasteiger partial charge >= 0.3 is 5.97 Å². The van der Waals surface area contributed by atoms with Crippen molar-refractivity contribution in [1.29, 1.82) is 0 Å². The van der Waals surface area contributed by atoms with E-state index in [1.165, 1.54) is 0 Å². The molecular formula is C14H18N2O5S. The Kier molecular flexibility index (Phi) is 4.52. The third kappa shape index (κ3) is 3.63. The van der Waals surface area contributed by atoms with Crippen molar-refractivity contribution < 1.29 is 23.1 Å². The van der Waals surface area contributed by atoms with Crippen LogP contribution in [0.5, 0.6) is 0 Å². The third-order valence-electron chi connectivity index (χ3n) is 3.80. The molecule has 2 rings (SSSR count). The largest absolute Gasteiger partial charge is 0.480 e. The van der Waals surface area contributed by atoms with Crippen LogP contribution in [0.25, 0.3) is 0 Å². The van der Waals surface area contributed by atoms with E-state index in [4.69, 9.17) is 5.14 Å². The van der Waals surface area contributed by atoms with E-state index in [1.807, 2.05) is 19.1 Å². The van der Waals surface area contributed by atoms with Crippen molar-refractivity contribution in [3.63, 3.8) is 0 Å². The molecule has 1 aliphatic heterocycles. The number of carbonyl (C=O) groups excluding carboxylic acids is 1. The summed E-state index contributed by atoms with van der Waals surface area (Å²) in [7, 11) is -3.86. The molecule has 1 heterocycles. The van der Waals surface area contributed by atoms with E-state index in [-0.39, 0.29) is 19.4 Å². The highest BCUT2D eigenvalue weighted by Gasteiger charge is 2.41. The number of aryl methyl sites for hydroxylation is 1. The molecule has 1 fully saturated rings. The first kappa shape index (κ1) is 16.4. The standard InChI is InChI=1S/C14H18N2O5S/c1-9-2-4-10(5-3-9)6-12(14(18)19)16-8-11(7-13(16)17)22(15,20)21/h2-5,11-12H,6-8H2,1H3,(H,18,19)(H2,15,20,21)/t11?,12-/m0/s1. The minimum atomic E-state index is -3.86. The van der Waals surface area contributed by atoms with Gasteiger partial charge in [0, 0.05) is 19.4 Å². The highest BCUT2D eigenvalue weighted by molar-refractivity contribution is 7.89. The van der Waals surface area contributed by atoms with Gasteiger partial charge in [0.05, 0.1) is 0 Å². The van der Waals surface area contributed by atoms with Crippen LogP contribution in [-0.4, -0.2) is 48.1 Å². The summed E-state index contributed by atoms with van der Waals surface area (Å²) in [5.41, 5.74) is 1.81. The van der Waals surface area contributed by atoms with Crippen LogP contribution in [0.2, 0.25) is 0 Å². The molecule has 3 N–H and O–H groups in total. The van der Waals surface area contributed by atoms with Crippen LogP contribution in [0.1, 0.15) is 17.5 Å². The van der Waals surface area contributed by atoms with Gasteiger partial charge in [-0.15, -0.1) is 0 Å². The topological polar surface area (TPSA) is 118 Å². The fourth-order valence-electron chi connectivity index (χ4n) is 2.50. The molecule has 0 aromatic heterocycles. The molecule has 22 heavy (non-hydrogen) atoms. The van der Waals surface area contributed by atoms with Gasteiger partial charge in [0.15, 0.2) is 0 Å². The number of aliphatic carboxylic acids is 1. The Morgan fingerprint density at radius 1 is 1.41 bits per heavy atom. The van der Waals surface area contributed by atoms with E-state index in [0.717, 1.165) is 16.0 Å². The first-order valence-corrected chi connectivity index (χ1v) is 8.39. The molecule has 0 saturated carbocycles. The van der Waals surface area contributed by atoms with Gasteiger partial charge in [0.1, 0.15) is 11.3 Å². The number of primary sulfonamides is 1. The lowest BCUT2D eigenvalue weighted by Gasteiger charge is -2.24. The second-order valence-corrected chi connectivity index (χ2v) is 7.35. The summed E-state index contributed by atoms with van der Waals surface area (Å²) in [6.45, 7) is 1.74. The number of carbonyl (C=O) groups is 2. The summed E-state index contributed by atoms with van der Waals surface area (Å²) in [6.07, 6.45) is -0.144. The Balaban J connectivity index is 2.20. The number of nitrogens with two attached hydrogens (primary N) is 1. The van der Waals surface area contributed by atoms with Gasteiger partial charge in [0.25, 0.3) is 0 Å². The number of benzene rings is 1. The molecule has 7 nitrogen and oxygen atoms in total. The van der Waals surface area contributed by atoms with E-state index in [0.29, 0.717) is 0 Å². The third-order valence-corrected chi connectivity index (χ3v) is 5.04. The zero-order valence-corrected chi connectivity index (χ0v) is 12.9. The Labute approximate surface area is 128 Å². The highest BCUT2D eigenvalue weighted by atomic mass is 32.2. The average Bonchev–Trinajstić information content (AvgIpc) is 2.79. The lowest BCUT2D eigenvalue weighted by molar-refractivity contribution is -0.148. The van der Waals surface area contributed by atoms with Gasteiger partial charge in [-0.3, -0.25) is 4.79 Å². The van der Waals surface area contributed by atoms with Crippen molar-refractivity contribution in [2.45, 2.75) is 31.1 Å². The van der Waals surface area contributed by atoms with Gasteiger partial charge in [0.2, 0.25) is 15.9 Å². The molecule has 1 aromatic rings. The fourth-order valence-corrected chi connectivity index (χ4v) is 3.24. The van der Waals surface area contributed by atoms with Crippen molar-refractivity contribution in [2.24, 2.45) is 5.14 Å². The van der Waals surface area contributed by atoms with Crippen molar-refractivity contribution in [3.8, 4) is 0 Å². The van der Waals surface area contributed by atoms with Gasteiger partial charge < -0.3 is 10.0 Å². The van der Waals surface area contributed by atoms with E-state index in [2.05, 4.69) is 0 Å². The molecule has 1 amide bonds. The lowest BCUT2D eigenvalue weighted by atomic mass is 10.0. The predicted molar refractivity (Wildman–Crippen MR) is 79.5 cm³/mol. The SMILES string of the molecule is Cc1ccc(C[C@@H](C(=O)O)N2CC(S(N)(=O)=O)CC2=O)cc1. The summed E-state index contributed by atoms with van der Waals surface area (Å²) in [4.78, 5) is 24.5. The maximum atomic E-state index is 12.0. The molecule has 0 radical (unpaired) electrons. The van der Waals surface area contributed by atoms with Gasteiger partial charge in [-0.25, -0.2) is 18.4 Å². The van der Waals surface area contributed by atoms with E-state index < -0.39 is 33.2 Å². The first-order chi connectivity index (χ1) is 10.2. The smallest absolute Gasteiger partial charge is 0.326 e. The summed E-state index contributed by atoms with van der Waals surface area (Å²) in [5, 5.41) is 13.4. The fraction of sp³-hybridized carbons (Fsp3) is 0.429. The van der Waals surface area contributed by atoms with Crippen LogP contribution in [0.4, 0.5) is 0 Å². The van der Waals surface area contributed by atoms with Crippen molar-refractivity contribution >= 4 is 21.9 Å². The molecule has 120 valence electrons. The number of nitrogens with zero attached hydrogens (tertiary/aromatic N) is 1. The van der Waals surface area contributed by atoms with Crippen molar-refractivity contribution in [2.75, 3.05) is 6.54 Å². The van der Waals surface area contributed by atoms with E-state index in [1.54, 1.807) is 12.1 Å². The molecular weight excluding hydrogens is 308 g/mol. The maximum Gasteiger partial charge on any atom is 0.326 e. The number of sulfonamides is 1. The second-order valence-electron chi connectivity index (χ2n) is 5.51. The van der Waals surface area contributed by atoms with Crippen LogP contribution in [0.15, 0.2) is 24.3 Å². The molecule has 1 aliphatic rings. The molecule has 1 aromatic carbocycles. The van der Waals surface area contributed by atoms with Crippen molar-refractivity contribution in [3.05, 3.63) is 35.4 Å². The average molecular weight is 326 g/mol. The summed E-state index contributed by atoms with van der Waals surface area (Å²) in [6, 6.07) is 6.20. The summed E-state index contributed by atoms with van der Waals surface area (Å²) in [5.74, 6) is -1.66. The highest BCUT2D eigenvalue weighted by Crippen LogP contribution is 2.21. The van der Waals surface area contributed by atoms with Crippen LogP contribution >= 0.6 is 0 Å². The number of hydrogen-bond acceptors (Lipinski definition) is 4. The Morgan fingerprint density at radius 3 is 2.45 bits per heavy atom. The normalized spacial score (nSPS) is 20.2. The minimum absolute atomic E-state index is 0.124. The zero-order chi connectivity index (χ0) is 16.5. The Hall–Kier alpha value is -1.93. The van der Waals surface area contributed by atoms with Crippen LogP contribution in [0.3, 0.4) is 0 Å². The van der Waals surface area contributed by atoms with E-state index >= 15 is 0 Å². The van der Waals surface area contributed by atoms with Gasteiger partial charge in [-0.1, -0.05) is 29.8 Å². The number of rotatable bonds is 5. The minimum Gasteiger partial charge on any atom is -0.480 e. The molecule has 0 bridgehead atoms. The number of carboxylic acid groups (broad SMARTS) is 1. The Morgan fingerprint density at radius 2 is 2.00 bits per heavy atom. The number of hydrogen-bond donors (Lipinski definition) is 2. The molecule has 1 unspecified atom stereocenters. The van der Waals surface area contributed by atoms with Crippen LogP contribution < -0.4 is 5.14 Å². The maximum absolute atomic E-state index is 12.0. The van der Waals surface area contributed by atoms with Gasteiger partial charge in [-0.2, -0.15) is 0 Å². The molecule has 0 aliphatic carbocycles. The van der Waals surface area contributed by atoms with Crippen molar-refractivity contribution in [1.82, 2.24) is 4.90 Å². The monoisotopic (exact) mass is 326 g/mol. The molecule has 1 saturated heterocycles. The number of carboxylic acids is 1. The molecule has 0 spiro atoms. The number of amides is 1. The summed E-state index contributed by atoms with van der Waals surface area (Å²) >= 11 is 0. The van der Waals surface area contributed by atoms with Crippen LogP contribution in [0, 0.1) is 6.92 Å². The predicted octanol–water partition coefficient (Wildman–Crippen LogP) is -0.120. The molecule has 8 heteroatoms. The van der Waals surface area contributed by atoms with Gasteiger partial charge in [-0.05, 0) is 12.5 Å². The second kappa shape index (κ2) is 6.05. The Bertz CT molecular complexity index is 684. The zero-order valence-electron chi connectivity index (χ0n) is 12.1. The molecule has 2 atom stereocenters.